The van der Waals surface area contributed by atoms with E-state index in [9.17, 15) is 15.0 Å². The van der Waals surface area contributed by atoms with Gasteiger partial charge >= 0.3 is 6.09 Å². The van der Waals surface area contributed by atoms with E-state index in [1.54, 1.807) is 4.90 Å². The summed E-state index contributed by atoms with van der Waals surface area (Å²) in [5, 5.41) is 20.2. The average Bonchev–Trinajstić information content (AvgIpc) is 3.04. The highest BCUT2D eigenvalue weighted by Crippen LogP contribution is 2.29. The molecule has 0 saturated heterocycles. The molecular weight excluding hydrogens is 328 g/mol. The Labute approximate surface area is 155 Å². The summed E-state index contributed by atoms with van der Waals surface area (Å²) in [6, 6.07) is 8.03. The second kappa shape index (κ2) is 8.58. The van der Waals surface area contributed by atoms with Crippen molar-refractivity contribution in [2.24, 2.45) is 5.92 Å². The topological polar surface area (TPSA) is 65.7 Å². The van der Waals surface area contributed by atoms with Crippen LogP contribution in [0.2, 0.25) is 0 Å². The highest BCUT2D eigenvalue weighted by molar-refractivity contribution is 5.83. The predicted molar refractivity (Wildman–Crippen MR) is 103 cm³/mol. The Morgan fingerprint density at radius 3 is 2.73 bits per heavy atom. The van der Waals surface area contributed by atoms with Gasteiger partial charge in [0, 0.05) is 18.8 Å². The number of carboxylic acid groups (broad SMARTS) is 1. The second-order valence-electron chi connectivity index (χ2n) is 7.59. The Hall–Kier alpha value is -2.01. The standard InChI is InChI=1S/C21H30N2O3/c1-16(14-17-6-3-2-4-7-17)23(21(25)26)15-19-9-5-8-18-10-11-22(12-13-24)20(18)19/h5,8-11,16-17,24H,2-4,6-7,12-15H2,1H3,(H,25,26). The van der Waals surface area contributed by atoms with Crippen LogP contribution >= 0.6 is 0 Å². The first-order valence-electron chi connectivity index (χ1n) is 9.77. The number of hydrogen-bond acceptors (Lipinski definition) is 2. The molecule has 2 aromatic rings. The van der Waals surface area contributed by atoms with E-state index in [0.717, 1.165) is 22.9 Å². The summed E-state index contributed by atoms with van der Waals surface area (Å²) in [5.41, 5.74) is 2.02. The SMILES string of the molecule is CC(CC1CCCCC1)N(Cc1cccc2ccn(CCO)c12)C(=O)O. The number of aliphatic hydroxyl groups excluding tert-OH is 1. The van der Waals surface area contributed by atoms with Crippen molar-refractivity contribution in [3.05, 3.63) is 36.0 Å². The zero-order valence-corrected chi connectivity index (χ0v) is 15.6. The summed E-state index contributed by atoms with van der Waals surface area (Å²) in [6.07, 6.45) is 8.37. The van der Waals surface area contributed by atoms with E-state index in [4.69, 9.17) is 0 Å². The van der Waals surface area contributed by atoms with Crippen molar-refractivity contribution >= 4 is 17.0 Å². The van der Waals surface area contributed by atoms with Crippen molar-refractivity contribution < 1.29 is 15.0 Å². The number of fused-ring (bicyclic) bond motifs is 1. The summed E-state index contributed by atoms with van der Waals surface area (Å²) < 4.78 is 2.01. The van der Waals surface area contributed by atoms with Gasteiger partial charge in [-0.15, -0.1) is 0 Å². The maximum Gasteiger partial charge on any atom is 0.407 e. The number of para-hydroxylation sites is 1. The Bertz CT molecular complexity index is 734. The fourth-order valence-corrected chi connectivity index (χ4v) is 4.39. The molecule has 1 fully saturated rings. The molecule has 5 heteroatoms. The van der Waals surface area contributed by atoms with Crippen LogP contribution in [0, 0.1) is 5.92 Å². The third kappa shape index (κ3) is 4.21. The largest absolute Gasteiger partial charge is 0.465 e. The van der Waals surface area contributed by atoms with Gasteiger partial charge in [0.1, 0.15) is 0 Å². The fraction of sp³-hybridized carbons (Fsp3) is 0.571. The van der Waals surface area contributed by atoms with Gasteiger partial charge in [0.25, 0.3) is 0 Å². The highest BCUT2D eigenvalue weighted by Gasteiger charge is 2.25. The van der Waals surface area contributed by atoms with Gasteiger partial charge < -0.3 is 19.7 Å². The third-order valence-electron chi connectivity index (χ3n) is 5.73. The van der Waals surface area contributed by atoms with Crippen LogP contribution in [0.3, 0.4) is 0 Å². The average molecular weight is 358 g/mol. The highest BCUT2D eigenvalue weighted by atomic mass is 16.4. The number of aliphatic hydroxyl groups is 1. The molecule has 1 aromatic carbocycles. The number of benzene rings is 1. The van der Waals surface area contributed by atoms with Crippen LogP contribution in [-0.4, -0.2) is 38.4 Å². The van der Waals surface area contributed by atoms with Gasteiger partial charge in [-0.2, -0.15) is 0 Å². The molecule has 3 rings (SSSR count). The van der Waals surface area contributed by atoms with E-state index < -0.39 is 6.09 Å². The smallest absolute Gasteiger partial charge is 0.407 e. The minimum atomic E-state index is -0.856. The lowest BCUT2D eigenvalue weighted by atomic mass is 9.85. The molecule has 1 heterocycles. The first-order chi connectivity index (χ1) is 12.6. The van der Waals surface area contributed by atoms with Gasteiger partial charge in [0.15, 0.2) is 0 Å². The maximum atomic E-state index is 12.0. The van der Waals surface area contributed by atoms with Crippen molar-refractivity contribution in [1.82, 2.24) is 9.47 Å². The number of amides is 1. The summed E-state index contributed by atoms with van der Waals surface area (Å²) in [4.78, 5) is 13.5. The van der Waals surface area contributed by atoms with Crippen LogP contribution in [0.15, 0.2) is 30.5 Å². The van der Waals surface area contributed by atoms with Gasteiger partial charge in [-0.3, -0.25) is 0 Å². The first kappa shape index (κ1) is 18.8. The van der Waals surface area contributed by atoms with E-state index in [1.165, 1.54) is 32.1 Å². The van der Waals surface area contributed by atoms with Crippen molar-refractivity contribution in [2.45, 2.75) is 64.6 Å². The zero-order chi connectivity index (χ0) is 18.5. The minimum Gasteiger partial charge on any atom is -0.465 e. The number of hydrogen-bond donors (Lipinski definition) is 2. The second-order valence-corrected chi connectivity index (χ2v) is 7.59. The zero-order valence-electron chi connectivity index (χ0n) is 15.6. The van der Waals surface area contributed by atoms with E-state index in [0.29, 0.717) is 19.0 Å². The predicted octanol–water partition coefficient (Wildman–Crippen LogP) is 4.47. The summed E-state index contributed by atoms with van der Waals surface area (Å²) >= 11 is 0. The summed E-state index contributed by atoms with van der Waals surface area (Å²) in [7, 11) is 0. The van der Waals surface area contributed by atoms with Crippen LogP contribution in [0.5, 0.6) is 0 Å². The molecule has 1 aliphatic rings. The molecule has 26 heavy (non-hydrogen) atoms. The molecule has 142 valence electrons. The molecule has 1 saturated carbocycles. The van der Waals surface area contributed by atoms with Crippen LogP contribution in [0.25, 0.3) is 10.9 Å². The van der Waals surface area contributed by atoms with Gasteiger partial charge in [-0.25, -0.2) is 4.79 Å². The minimum absolute atomic E-state index is 0.00658. The van der Waals surface area contributed by atoms with Crippen molar-refractivity contribution in [2.75, 3.05) is 6.61 Å². The number of nitrogens with zero attached hydrogens (tertiary/aromatic N) is 2. The molecular formula is C21H30N2O3. The molecule has 1 aliphatic carbocycles. The van der Waals surface area contributed by atoms with Crippen molar-refractivity contribution in [3.63, 3.8) is 0 Å². The molecule has 1 amide bonds. The normalized spacial score (nSPS) is 16.7. The quantitative estimate of drug-likeness (QED) is 0.767. The van der Waals surface area contributed by atoms with Crippen LogP contribution < -0.4 is 0 Å². The number of aromatic nitrogens is 1. The number of carbonyl (C=O) groups is 1. The lowest BCUT2D eigenvalue weighted by Crippen LogP contribution is -2.38. The molecule has 0 radical (unpaired) electrons. The summed E-state index contributed by atoms with van der Waals surface area (Å²) in [6.45, 7) is 3.01. The van der Waals surface area contributed by atoms with Gasteiger partial charge in [0.2, 0.25) is 0 Å². The Balaban J connectivity index is 1.80. The fourth-order valence-electron chi connectivity index (χ4n) is 4.39. The first-order valence-corrected chi connectivity index (χ1v) is 9.77. The Morgan fingerprint density at radius 1 is 1.27 bits per heavy atom. The molecule has 1 aromatic heterocycles. The van der Waals surface area contributed by atoms with Crippen LogP contribution in [-0.2, 0) is 13.1 Å². The van der Waals surface area contributed by atoms with Crippen molar-refractivity contribution in [3.8, 4) is 0 Å². The van der Waals surface area contributed by atoms with E-state index in [1.807, 2.05) is 42.0 Å². The van der Waals surface area contributed by atoms with Gasteiger partial charge in [-0.1, -0.05) is 50.3 Å². The molecule has 5 nitrogen and oxygen atoms in total. The Kier molecular flexibility index (Phi) is 6.20. The van der Waals surface area contributed by atoms with Crippen LogP contribution in [0.1, 0.15) is 51.0 Å². The van der Waals surface area contributed by atoms with Gasteiger partial charge in [0.05, 0.1) is 18.7 Å². The number of rotatable bonds is 7. The molecule has 0 bridgehead atoms. The molecule has 2 N–H and O–H groups in total. The molecule has 0 aliphatic heterocycles. The lowest BCUT2D eigenvalue weighted by molar-refractivity contribution is 0.113. The monoisotopic (exact) mass is 358 g/mol. The van der Waals surface area contributed by atoms with E-state index in [2.05, 4.69) is 0 Å². The third-order valence-corrected chi connectivity index (χ3v) is 5.73. The van der Waals surface area contributed by atoms with Crippen molar-refractivity contribution in [1.29, 1.82) is 0 Å². The lowest BCUT2D eigenvalue weighted by Gasteiger charge is -2.31. The molecule has 1 atom stereocenters. The maximum absolute atomic E-state index is 12.0. The summed E-state index contributed by atoms with van der Waals surface area (Å²) in [5.74, 6) is 0.648. The van der Waals surface area contributed by atoms with E-state index in [-0.39, 0.29) is 12.6 Å². The Morgan fingerprint density at radius 2 is 2.04 bits per heavy atom. The van der Waals surface area contributed by atoms with Gasteiger partial charge in [-0.05, 0) is 36.3 Å². The molecule has 0 spiro atoms. The molecule has 1 unspecified atom stereocenters. The van der Waals surface area contributed by atoms with E-state index >= 15 is 0 Å². The van der Waals surface area contributed by atoms with Crippen LogP contribution in [0.4, 0.5) is 4.79 Å².